The summed E-state index contributed by atoms with van der Waals surface area (Å²) in [5, 5.41) is 3.59. The molecule has 1 aromatic carbocycles. The zero-order chi connectivity index (χ0) is 15.1. The molecule has 1 atom stereocenters. The average Bonchev–Trinajstić information content (AvgIpc) is 2.87. The maximum absolute atomic E-state index is 4.41. The van der Waals surface area contributed by atoms with Crippen LogP contribution in [0.2, 0.25) is 0 Å². The van der Waals surface area contributed by atoms with Crippen molar-refractivity contribution in [3.05, 3.63) is 48.0 Å². The van der Waals surface area contributed by atoms with E-state index in [1.807, 2.05) is 24.2 Å². The predicted molar refractivity (Wildman–Crippen MR) is 90.9 cm³/mol. The fourth-order valence-corrected chi connectivity index (χ4v) is 3.50. The van der Waals surface area contributed by atoms with Gasteiger partial charge < -0.3 is 9.88 Å². The van der Waals surface area contributed by atoms with E-state index < -0.39 is 0 Å². The Morgan fingerprint density at radius 1 is 1.38 bits per heavy atom. The van der Waals surface area contributed by atoms with Gasteiger partial charge >= 0.3 is 0 Å². The molecule has 0 spiro atoms. The standard InChI is InChI=1S/C17H25N3S/c1-4-18-15(8-9-17-19-10-11-20(17)3)13-21-16-7-5-6-14(2)12-16/h5-7,10-12,15,18H,4,8-9,13H2,1-3H3. The van der Waals surface area contributed by atoms with E-state index in [9.17, 15) is 0 Å². The summed E-state index contributed by atoms with van der Waals surface area (Å²) in [5.74, 6) is 2.26. The second kappa shape index (κ2) is 8.25. The van der Waals surface area contributed by atoms with Gasteiger partial charge in [-0.15, -0.1) is 11.8 Å². The number of imidazole rings is 1. The summed E-state index contributed by atoms with van der Waals surface area (Å²) in [5.41, 5.74) is 1.33. The Hall–Kier alpha value is -1.26. The fourth-order valence-electron chi connectivity index (χ4n) is 2.38. The molecule has 114 valence electrons. The van der Waals surface area contributed by atoms with Gasteiger partial charge in [-0.2, -0.15) is 0 Å². The summed E-state index contributed by atoms with van der Waals surface area (Å²) in [4.78, 5) is 5.76. The minimum absolute atomic E-state index is 0.525. The van der Waals surface area contributed by atoms with Crippen molar-refractivity contribution in [2.75, 3.05) is 12.3 Å². The minimum Gasteiger partial charge on any atom is -0.338 e. The van der Waals surface area contributed by atoms with Crippen LogP contribution in [0.15, 0.2) is 41.6 Å². The van der Waals surface area contributed by atoms with Gasteiger partial charge in [0.25, 0.3) is 0 Å². The molecule has 0 saturated heterocycles. The number of aromatic nitrogens is 2. The van der Waals surface area contributed by atoms with Gasteiger partial charge in [0, 0.05) is 42.6 Å². The van der Waals surface area contributed by atoms with E-state index in [1.165, 1.54) is 16.3 Å². The predicted octanol–water partition coefficient (Wildman–Crippen LogP) is 3.43. The summed E-state index contributed by atoms with van der Waals surface area (Å²) < 4.78 is 2.11. The van der Waals surface area contributed by atoms with Gasteiger partial charge in [0.05, 0.1) is 0 Å². The van der Waals surface area contributed by atoms with E-state index in [-0.39, 0.29) is 0 Å². The highest BCUT2D eigenvalue weighted by Crippen LogP contribution is 2.21. The van der Waals surface area contributed by atoms with E-state index in [1.54, 1.807) is 0 Å². The van der Waals surface area contributed by atoms with Crippen LogP contribution in [0.4, 0.5) is 0 Å². The molecule has 4 heteroatoms. The van der Waals surface area contributed by atoms with Crippen molar-refractivity contribution in [2.24, 2.45) is 7.05 Å². The van der Waals surface area contributed by atoms with Crippen molar-refractivity contribution in [1.82, 2.24) is 14.9 Å². The molecule has 0 aliphatic carbocycles. The quantitative estimate of drug-likeness (QED) is 0.758. The molecule has 2 aromatic rings. The monoisotopic (exact) mass is 303 g/mol. The number of benzene rings is 1. The van der Waals surface area contributed by atoms with Crippen LogP contribution in [0, 0.1) is 6.92 Å². The molecule has 21 heavy (non-hydrogen) atoms. The smallest absolute Gasteiger partial charge is 0.108 e. The molecule has 0 amide bonds. The number of aryl methyl sites for hydroxylation is 3. The molecule has 1 N–H and O–H groups in total. The molecule has 1 unspecified atom stereocenters. The van der Waals surface area contributed by atoms with Gasteiger partial charge in [-0.25, -0.2) is 4.98 Å². The lowest BCUT2D eigenvalue weighted by molar-refractivity contribution is 0.526. The Bertz CT molecular complexity index is 550. The summed E-state index contributed by atoms with van der Waals surface area (Å²) in [6.07, 6.45) is 6.03. The Morgan fingerprint density at radius 3 is 2.90 bits per heavy atom. The second-order valence-electron chi connectivity index (χ2n) is 5.38. The molecule has 1 heterocycles. The number of thioether (sulfide) groups is 1. The van der Waals surface area contributed by atoms with Crippen LogP contribution in [-0.4, -0.2) is 27.9 Å². The fraction of sp³-hybridized carbons (Fsp3) is 0.471. The van der Waals surface area contributed by atoms with Gasteiger partial charge in [0.15, 0.2) is 0 Å². The Balaban J connectivity index is 1.85. The van der Waals surface area contributed by atoms with E-state index in [2.05, 4.69) is 60.0 Å². The van der Waals surface area contributed by atoms with Crippen molar-refractivity contribution in [3.8, 4) is 0 Å². The van der Waals surface area contributed by atoms with E-state index in [0.29, 0.717) is 6.04 Å². The van der Waals surface area contributed by atoms with Gasteiger partial charge in [0.1, 0.15) is 5.82 Å². The minimum atomic E-state index is 0.525. The van der Waals surface area contributed by atoms with Gasteiger partial charge in [-0.05, 0) is 32.0 Å². The highest BCUT2D eigenvalue weighted by atomic mass is 32.2. The summed E-state index contributed by atoms with van der Waals surface area (Å²) in [6.45, 7) is 5.33. The molecular weight excluding hydrogens is 278 g/mol. The molecule has 0 radical (unpaired) electrons. The molecule has 0 bridgehead atoms. The molecule has 0 saturated carbocycles. The Morgan fingerprint density at radius 2 is 2.24 bits per heavy atom. The van der Waals surface area contributed by atoms with Gasteiger partial charge in [-0.1, -0.05) is 24.6 Å². The number of hydrogen-bond donors (Lipinski definition) is 1. The third-order valence-corrected chi connectivity index (χ3v) is 4.73. The highest BCUT2D eigenvalue weighted by molar-refractivity contribution is 7.99. The topological polar surface area (TPSA) is 29.9 Å². The van der Waals surface area contributed by atoms with E-state index in [4.69, 9.17) is 0 Å². The van der Waals surface area contributed by atoms with Crippen LogP contribution in [0.25, 0.3) is 0 Å². The lowest BCUT2D eigenvalue weighted by Gasteiger charge is -2.17. The zero-order valence-electron chi connectivity index (χ0n) is 13.2. The van der Waals surface area contributed by atoms with Crippen molar-refractivity contribution >= 4 is 11.8 Å². The summed E-state index contributed by atoms with van der Waals surface area (Å²) in [7, 11) is 2.06. The molecule has 3 nitrogen and oxygen atoms in total. The van der Waals surface area contributed by atoms with Gasteiger partial charge in [0.2, 0.25) is 0 Å². The van der Waals surface area contributed by atoms with E-state index >= 15 is 0 Å². The lowest BCUT2D eigenvalue weighted by atomic mass is 10.2. The first kappa shape index (κ1) is 16.1. The van der Waals surface area contributed by atoms with Crippen molar-refractivity contribution in [3.63, 3.8) is 0 Å². The molecule has 0 aliphatic heterocycles. The van der Waals surface area contributed by atoms with Crippen molar-refractivity contribution in [1.29, 1.82) is 0 Å². The largest absolute Gasteiger partial charge is 0.338 e. The maximum atomic E-state index is 4.41. The SMILES string of the molecule is CCNC(CCc1nccn1C)CSc1cccc(C)c1. The summed E-state index contributed by atoms with van der Waals surface area (Å²) in [6, 6.07) is 9.25. The maximum Gasteiger partial charge on any atom is 0.108 e. The third kappa shape index (κ3) is 5.21. The third-order valence-electron chi connectivity index (χ3n) is 3.57. The van der Waals surface area contributed by atoms with Crippen LogP contribution in [0.5, 0.6) is 0 Å². The number of hydrogen-bond acceptors (Lipinski definition) is 3. The molecule has 0 aliphatic rings. The number of rotatable bonds is 8. The van der Waals surface area contributed by atoms with Crippen LogP contribution in [-0.2, 0) is 13.5 Å². The molecular formula is C17H25N3S. The molecule has 0 fully saturated rings. The Kier molecular flexibility index (Phi) is 6.33. The first-order valence-corrected chi connectivity index (χ1v) is 8.56. The highest BCUT2D eigenvalue weighted by Gasteiger charge is 2.10. The van der Waals surface area contributed by atoms with Crippen LogP contribution >= 0.6 is 11.8 Å². The van der Waals surface area contributed by atoms with Crippen molar-refractivity contribution < 1.29 is 0 Å². The van der Waals surface area contributed by atoms with Gasteiger partial charge in [-0.3, -0.25) is 0 Å². The zero-order valence-corrected chi connectivity index (χ0v) is 14.0. The summed E-state index contributed by atoms with van der Waals surface area (Å²) >= 11 is 1.93. The first-order valence-electron chi connectivity index (χ1n) is 7.58. The number of nitrogens with one attached hydrogen (secondary N) is 1. The van der Waals surface area contributed by atoms with Crippen LogP contribution in [0.1, 0.15) is 24.7 Å². The second-order valence-corrected chi connectivity index (χ2v) is 6.47. The Labute approximate surface area is 132 Å². The first-order chi connectivity index (χ1) is 10.2. The average molecular weight is 303 g/mol. The molecule has 2 rings (SSSR count). The van der Waals surface area contributed by atoms with E-state index in [0.717, 1.165) is 25.1 Å². The lowest BCUT2D eigenvalue weighted by Crippen LogP contribution is -2.31. The van der Waals surface area contributed by atoms with Crippen LogP contribution < -0.4 is 5.32 Å². The number of nitrogens with zero attached hydrogens (tertiary/aromatic N) is 2. The normalized spacial score (nSPS) is 12.5. The molecule has 1 aromatic heterocycles. The van der Waals surface area contributed by atoms with Crippen LogP contribution in [0.3, 0.4) is 0 Å². The van der Waals surface area contributed by atoms with Crippen molar-refractivity contribution in [2.45, 2.75) is 37.6 Å².